The molecule has 2 rings (SSSR count). The number of carbonyl (C=O) groups excluding carboxylic acids is 1. The van der Waals surface area contributed by atoms with Gasteiger partial charge in [0.25, 0.3) is 5.78 Å². The molecule has 7 heteroatoms. The van der Waals surface area contributed by atoms with Crippen molar-refractivity contribution in [2.45, 2.75) is 6.18 Å². The smallest absolute Gasteiger partial charge is 0.455 e. The highest BCUT2D eigenvalue weighted by atomic mass is 32.1. The second-order valence-corrected chi connectivity index (χ2v) is 5.11. The van der Waals surface area contributed by atoms with Crippen LogP contribution in [-0.2, 0) is 4.79 Å². The van der Waals surface area contributed by atoms with E-state index in [0.717, 1.165) is 17.6 Å². The largest absolute Gasteiger partial charge is 0.506 e. The molecule has 0 radical (unpaired) electrons. The minimum absolute atomic E-state index is 0.159. The Morgan fingerprint density at radius 2 is 1.82 bits per heavy atom. The predicted octanol–water partition coefficient (Wildman–Crippen LogP) is 4.55. The van der Waals surface area contributed by atoms with Crippen LogP contribution >= 0.6 is 11.3 Å². The Hall–Kier alpha value is -2.41. The van der Waals surface area contributed by atoms with Gasteiger partial charge in [-0.3, -0.25) is 9.79 Å². The summed E-state index contributed by atoms with van der Waals surface area (Å²) >= 11 is 1.02. The van der Waals surface area contributed by atoms with Crippen molar-refractivity contribution in [3.8, 4) is 0 Å². The van der Waals surface area contributed by atoms with Crippen molar-refractivity contribution < 1.29 is 23.1 Å². The molecule has 0 aliphatic heterocycles. The maximum Gasteiger partial charge on any atom is 0.455 e. The van der Waals surface area contributed by atoms with Crippen LogP contribution < -0.4 is 0 Å². The van der Waals surface area contributed by atoms with Crippen molar-refractivity contribution >= 4 is 34.8 Å². The first-order valence-corrected chi connectivity index (χ1v) is 6.95. The Morgan fingerprint density at radius 1 is 1.14 bits per heavy atom. The summed E-state index contributed by atoms with van der Waals surface area (Å²) in [6.45, 7) is 0. The zero-order chi connectivity index (χ0) is 16.2. The fourth-order valence-corrected chi connectivity index (χ4v) is 2.26. The van der Waals surface area contributed by atoms with Gasteiger partial charge in [-0.15, -0.1) is 11.3 Å². The maximum absolute atomic E-state index is 12.7. The number of halogens is 3. The van der Waals surface area contributed by atoms with E-state index in [2.05, 4.69) is 4.99 Å². The van der Waals surface area contributed by atoms with Gasteiger partial charge in [-0.25, -0.2) is 0 Å². The van der Waals surface area contributed by atoms with E-state index in [1.54, 1.807) is 41.8 Å². The molecule has 0 saturated heterocycles. The lowest BCUT2D eigenvalue weighted by atomic mass is 10.1. The molecule has 0 unspecified atom stereocenters. The summed E-state index contributed by atoms with van der Waals surface area (Å²) in [5.74, 6) is -2.88. The topological polar surface area (TPSA) is 49.7 Å². The van der Waals surface area contributed by atoms with Gasteiger partial charge in [0.2, 0.25) is 0 Å². The maximum atomic E-state index is 12.7. The van der Waals surface area contributed by atoms with E-state index in [4.69, 9.17) is 0 Å². The monoisotopic (exact) mass is 325 g/mol. The van der Waals surface area contributed by atoms with Crippen LogP contribution in [0, 0.1) is 0 Å². The molecule has 0 saturated carbocycles. The summed E-state index contributed by atoms with van der Waals surface area (Å²) in [5, 5.41) is 11.5. The van der Waals surface area contributed by atoms with Gasteiger partial charge < -0.3 is 5.11 Å². The number of hydrogen-bond donors (Lipinski definition) is 1. The van der Waals surface area contributed by atoms with Crippen molar-refractivity contribution in [1.29, 1.82) is 0 Å². The second-order valence-electron chi connectivity index (χ2n) is 4.16. The number of aliphatic hydroxyl groups is 1. The molecule has 0 amide bonds. The van der Waals surface area contributed by atoms with Gasteiger partial charge in [0, 0.05) is 6.21 Å². The fourth-order valence-electron chi connectivity index (χ4n) is 1.58. The van der Waals surface area contributed by atoms with Gasteiger partial charge in [-0.05, 0) is 23.6 Å². The number of aliphatic hydroxyl groups excluding tert-OH is 1. The number of hydrogen-bond acceptors (Lipinski definition) is 4. The van der Waals surface area contributed by atoms with Crippen LogP contribution in [-0.4, -0.2) is 23.3 Å². The van der Waals surface area contributed by atoms with Gasteiger partial charge in [0.05, 0.1) is 16.1 Å². The first-order valence-electron chi connectivity index (χ1n) is 6.07. The van der Waals surface area contributed by atoms with Gasteiger partial charge >= 0.3 is 6.18 Å². The zero-order valence-electron chi connectivity index (χ0n) is 11.0. The molecule has 0 fully saturated rings. The molecular formula is C15H10F3NO2S. The number of rotatable bonds is 4. The van der Waals surface area contributed by atoms with E-state index in [1.165, 1.54) is 6.07 Å². The molecular weight excluding hydrogens is 315 g/mol. The molecule has 0 spiro atoms. The lowest BCUT2D eigenvalue weighted by Crippen LogP contribution is -2.26. The Kier molecular flexibility index (Phi) is 4.77. The van der Waals surface area contributed by atoms with Gasteiger partial charge in [0.15, 0.2) is 0 Å². The van der Waals surface area contributed by atoms with Crippen LogP contribution in [0.1, 0.15) is 4.88 Å². The summed E-state index contributed by atoms with van der Waals surface area (Å²) in [7, 11) is 0. The molecule has 114 valence electrons. The van der Waals surface area contributed by atoms with Crippen LogP contribution in [0.15, 0.2) is 58.4 Å². The van der Waals surface area contributed by atoms with Gasteiger partial charge in [-0.1, -0.05) is 24.3 Å². The molecule has 1 N–H and O–H groups in total. The standard InChI is InChI=1S/C15H10F3NO2S/c16-15(17,18)14(21)11(13(20)12-7-4-8-22-12)9-19-10-5-2-1-3-6-10/h1-9,20H. The minimum atomic E-state index is -5.09. The first kappa shape index (κ1) is 16.0. The first-order chi connectivity index (χ1) is 10.4. The molecule has 0 atom stereocenters. The van der Waals surface area contributed by atoms with E-state index in [1.807, 2.05) is 0 Å². The number of carbonyl (C=O) groups is 1. The van der Waals surface area contributed by atoms with Crippen molar-refractivity contribution in [3.63, 3.8) is 0 Å². The average molecular weight is 325 g/mol. The molecule has 0 bridgehead atoms. The van der Waals surface area contributed by atoms with E-state index >= 15 is 0 Å². The summed E-state index contributed by atoms with van der Waals surface area (Å²) in [6.07, 6.45) is -4.36. The van der Waals surface area contributed by atoms with E-state index in [0.29, 0.717) is 5.69 Å². The highest BCUT2D eigenvalue weighted by Crippen LogP contribution is 2.27. The number of Topliss-reactive ketones (excluding diaryl/α,β-unsaturated/α-hetero) is 1. The number of thiophene rings is 1. The third-order valence-electron chi connectivity index (χ3n) is 2.61. The third-order valence-corrected chi connectivity index (χ3v) is 3.49. The van der Waals surface area contributed by atoms with E-state index < -0.39 is 23.3 Å². The highest BCUT2D eigenvalue weighted by molar-refractivity contribution is 7.11. The molecule has 2 aromatic rings. The second kappa shape index (κ2) is 6.57. The molecule has 0 aliphatic carbocycles. The van der Waals surface area contributed by atoms with E-state index in [-0.39, 0.29) is 4.88 Å². The number of para-hydroxylation sites is 1. The Morgan fingerprint density at radius 3 is 2.36 bits per heavy atom. The minimum Gasteiger partial charge on any atom is -0.506 e. The highest BCUT2D eigenvalue weighted by Gasteiger charge is 2.41. The van der Waals surface area contributed by atoms with E-state index in [9.17, 15) is 23.1 Å². The van der Waals surface area contributed by atoms with Crippen LogP contribution in [0.25, 0.3) is 5.76 Å². The van der Waals surface area contributed by atoms with Crippen molar-refractivity contribution in [3.05, 3.63) is 58.3 Å². The molecule has 0 aliphatic rings. The number of benzene rings is 1. The number of ketones is 1. The van der Waals surface area contributed by atoms with Crippen LogP contribution in [0.4, 0.5) is 18.9 Å². The molecule has 1 heterocycles. The third kappa shape index (κ3) is 3.82. The lowest BCUT2D eigenvalue weighted by Gasteiger charge is -2.07. The number of allylic oxidation sites excluding steroid dienone is 1. The zero-order valence-corrected chi connectivity index (χ0v) is 11.9. The Labute approximate surface area is 128 Å². The molecule has 3 nitrogen and oxygen atoms in total. The fraction of sp³-hybridized carbons (Fsp3) is 0.0667. The summed E-state index contributed by atoms with van der Waals surface area (Å²) in [5.41, 5.74) is -0.521. The molecule has 22 heavy (non-hydrogen) atoms. The number of nitrogens with zero attached hydrogens (tertiary/aromatic N) is 1. The SMILES string of the molecule is O=C(C(C=Nc1ccccc1)=C(O)c1cccs1)C(F)(F)F. The van der Waals surface area contributed by atoms with Crippen molar-refractivity contribution in [1.82, 2.24) is 0 Å². The van der Waals surface area contributed by atoms with Crippen molar-refractivity contribution in [2.24, 2.45) is 4.99 Å². The predicted molar refractivity (Wildman–Crippen MR) is 79.5 cm³/mol. The normalized spacial score (nSPS) is 13.2. The Bertz CT molecular complexity index is 704. The Balaban J connectivity index is 2.45. The van der Waals surface area contributed by atoms with Crippen LogP contribution in [0.3, 0.4) is 0 Å². The van der Waals surface area contributed by atoms with Crippen LogP contribution in [0.2, 0.25) is 0 Å². The average Bonchev–Trinajstić information content (AvgIpc) is 3.01. The molecule has 1 aromatic heterocycles. The van der Waals surface area contributed by atoms with Gasteiger partial charge in [-0.2, -0.15) is 13.2 Å². The lowest BCUT2D eigenvalue weighted by molar-refractivity contribution is -0.165. The van der Waals surface area contributed by atoms with Crippen LogP contribution in [0.5, 0.6) is 0 Å². The summed E-state index contributed by atoms with van der Waals surface area (Å²) < 4.78 is 38.0. The number of aliphatic imine (C=N–C) groups is 1. The quantitative estimate of drug-likeness (QED) is 0.509. The summed E-state index contributed by atoms with van der Waals surface area (Å²) in [4.78, 5) is 15.5. The number of alkyl halides is 3. The summed E-state index contributed by atoms with van der Waals surface area (Å²) in [6, 6.07) is 11.1. The van der Waals surface area contributed by atoms with Gasteiger partial charge in [0.1, 0.15) is 5.76 Å². The molecule has 1 aromatic carbocycles. The van der Waals surface area contributed by atoms with Crippen molar-refractivity contribution in [2.75, 3.05) is 0 Å².